The van der Waals surface area contributed by atoms with Crippen LogP contribution >= 0.6 is 27.5 Å². The predicted octanol–water partition coefficient (Wildman–Crippen LogP) is 5.64. The fourth-order valence-electron chi connectivity index (χ4n) is 1.82. The molecule has 1 unspecified atom stereocenters. The van der Waals surface area contributed by atoms with Gasteiger partial charge in [-0.25, -0.2) is 0 Å². The average molecular weight is 375 g/mol. The van der Waals surface area contributed by atoms with Crippen LogP contribution in [0.1, 0.15) is 26.2 Å². The maximum atomic E-state index is 12.1. The van der Waals surface area contributed by atoms with Crippen LogP contribution < -0.4 is 10.1 Å². The Morgan fingerprint density at radius 1 is 1.40 bits per heavy atom. The third kappa shape index (κ3) is 5.79. The molecule has 0 aliphatic carbocycles. The largest absolute Gasteiger partial charge is 0.493 e. The first-order valence-electron chi connectivity index (χ1n) is 6.09. The van der Waals surface area contributed by atoms with Gasteiger partial charge in [-0.15, -0.1) is 0 Å². The highest BCUT2D eigenvalue weighted by molar-refractivity contribution is 9.10. The maximum Gasteiger partial charge on any atom is 0.389 e. The Balaban J connectivity index is 2.64. The zero-order valence-electron chi connectivity index (χ0n) is 11.2. The summed E-state index contributed by atoms with van der Waals surface area (Å²) in [6, 6.07) is 3.27. The third-order valence-electron chi connectivity index (χ3n) is 2.71. The van der Waals surface area contributed by atoms with Crippen molar-refractivity contribution >= 4 is 33.2 Å². The van der Waals surface area contributed by atoms with Gasteiger partial charge in [-0.2, -0.15) is 13.2 Å². The topological polar surface area (TPSA) is 21.3 Å². The number of rotatable bonds is 6. The Bertz CT molecular complexity index is 454. The third-order valence-corrected chi connectivity index (χ3v) is 3.52. The lowest BCUT2D eigenvalue weighted by Crippen LogP contribution is -2.17. The Morgan fingerprint density at radius 2 is 2.05 bits per heavy atom. The Kier molecular flexibility index (Phi) is 6.45. The van der Waals surface area contributed by atoms with Crippen molar-refractivity contribution < 1.29 is 17.9 Å². The molecule has 20 heavy (non-hydrogen) atoms. The quantitative estimate of drug-likeness (QED) is 0.695. The molecule has 2 nitrogen and oxygen atoms in total. The fourth-order valence-corrected chi connectivity index (χ4v) is 2.79. The molecule has 0 spiro atoms. The summed E-state index contributed by atoms with van der Waals surface area (Å²) < 4.78 is 42.2. The van der Waals surface area contributed by atoms with Gasteiger partial charge in [0.1, 0.15) is 0 Å². The SMILES string of the molecule is COc1c(Br)cc(Cl)cc1NC(C)CCCC(F)(F)F. The molecule has 1 aromatic carbocycles. The van der Waals surface area contributed by atoms with E-state index in [1.54, 1.807) is 12.1 Å². The van der Waals surface area contributed by atoms with Crippen LogP contribution in [0, 0.1) is 0 Å². The van der Waals surface area contributed by atoms with Crippen LogP contribution in [0.3, 0.4) is 0 Å². The van der Waals surface area contributed by atoms with E-state index in [-0.39, 0.29) is 12.5 Å². The lowest BCUT2D eigenvalue weighted by molar-refractivity contribution is -0.135. The van der Waals surface area contributed by atoms with Crippen molar-refractivity contribution in [3.05, 3.63) is 21.6 Å². The molecule has 0 aliphatic heterocycles. The highest BCUT2D eigenvalue weighted by Gasteiger charge is 2.26. The number of methoxy groups -OCH3 is 1. The van der Waals surface area contributed by atoms with E-state index in [2.05, 4.69) is 21.2 Å². The van der Waals surface area contributed by atoms with Gasteiger partial charge in [0.25, 0.3) is 0 Å². The van der Waals surface area contributed by atoms with Crippen LogP contribution in [-0.4, -0.2) is 19.3 Å². The fraction of sp³-hybridized carbons (Fsp3) is 0.538. The molecule has 114 valence electrons. The zero-order valence-corrected chi connectivity index (χ0v) is 13.5. The van der Waals surface area contributed by atoms with Gasteiger partial charge in [-0.05, 0) is 47.8 Å². The Hall–Kier alpha value is -0.620. The summed E-state index contributed by atoms with van der Waals surface area (Å²) in [5.74, 6) is 0.581. The van der Waals surface area contributed by atoms with Crippen LogP contribution in [0.2, 0.25) is 5.02 Å². The summed E-state index contributed by atoms with van der Waals surface area (Å²) in [5.41, 5.74) is 0.659. The molecule has 0 aromatic heterocycles. The number of anilines is 1. The molecule has 0 bridgehead atoms. The minimum atomic E-state index is -4.10. The minimum Gasteiger partial charge on any atom is -0.493 e. The van der Waals surface area contributed by atoms with Gasteiger partial charge in [0, 0.05) is 17.5 Å². The molecular weight excluding hydrogens is 358 g/mol. The maximum absolute atomic E-state index is 12.1. The molecule has 1 N–H and O–H groups in total. The van der Waals surface area contributed by atoms with Gasteiger partial charge >= 0.3 is 6.18 Å². The van der Waals surface area contributed by atoms with E-state index < -0.39 is 12.6 Å². The van der Waals surface area contributed by atoms with E-state index in [0.29, 0.717) is 27.4 Å². The lowest BCUT2D eigenvalue weighted by atomic mass is 10.1. The minimum absolute atomic E-state index is 0.0850. The van der Waals surface area contributed by atoms with Crippen molar-refractivity contribution in [1.29, 1.82) is 0 Å². The van der Waals surface area contributed by atoms with E-state index in [0.717, 1.165) is 0 Å². The van der Waals surface area contributed by atoms with Gasteiger partial charge in [0.15, 0.2) is 5.75 Å². The molecule has 0 amide bonds. The molecule has 0 saturated carbocycles. The first-order chi connectivity index (χ1) is 9.23. The lowest BCUT2D eigenvalue weighted by Gasteiger charge is -2.19. The van der Waals surface area contributed by atoms with Crippen molar-refractivity contribution in [2.45, 2.75) is 38.4 Å². The number of halogens is 5. The average Bonchev–Trinajstić information content (AvgIpc) is 2.26. The van der Waals surface area contributed by atoms with Crippen LogP contribution in [0.5, 0.6) is 5.75 Å². The van der Waals surface area contributed by atoms with Crippen molar-refractivity contribution in [2.24, 2.45) is 0 Å². The number of nitrogens with one attached hydrogen (secondary N) is 1. The second-order valence-electron chi connectivity index (χ2n) is 4.52. The number of hydrogen-bond donors (Lipinski definition) is 1. The molecular formula is C13H16BrClF3NO. The Labute approximate surface area is 129 Å². The van der Waals surface area contributed by atoms with Crippen LogP contribution in [0.25, 0.3) is 0 Å². The van der Waals surface area contributed by atoms with Crippen LogP contribution in [0.15, 0.2) is 16.6 Å². The van der Waals surface area contributed by atoms with Gasteiger partial charge in [0.2, 0.25) is 0 Å². The highest BCUT2D eigenvalue weighted by atomic mass is 79.9. The van der Waals surface area contributed by atoms with Crippen molar-refractivity contribution in [3.8, 4) is 5.75 Å². The van der Waals surface area contributed by atoms with Crippen molar-refractivity contribution in [3.63, 3.8) is 0 Å². The van der Waals surface area contributed by atoms with E-state index in [4.69, 9.17) is 16.3 Å². The number of ether oxygens (including phenoxy) is 1. The van der Waals surface area contributed by atoms with Gasteiger partial charge < -0.3 is 10.1 Å². The molecule has 7 heteroatoms. The number of benzene rings is 1. The second-order valence-corrected chi connectivity index (χ2v) is 5.81. The smallest absolute Gasteiger partial charge is 0.389 e. The first kappa shape index (κ1) is 17.4. The molecule has 1 rings (SSSR count). The molecule has 0 saturated heterocycles. The van der Waals surface area contributed by atoms with Crippen LogP contribution in [0.4, 0.5) is 18.9 Å². The zero-order chi connectivity index (χ0) is 15.3. The van der Waals surface area contributed by atoms with E-state index in [1.165, 1.54) is 7.11 Å². The predicted molar refractivity (Wildman–Crippen MR) is 78.7 cm³/mol. The second kappa shape index (κ2) is 7.41. The summed E-state index contributed by atoms with van der Waals surface area (Å²) in [7, 11) is 1.52. The van der Waals surface area contributed by atoms with Gasteiger partial charge in [-0.1, -0.05) is 11.6 Å². The summed E-state index contributed by atoms with van der Waals surface area (Å²) >= 11 is 9.28. The van der Waals surface area contributed by atoms with E-state index in [1.807, 2.05) is 6.92 Å². The molecule has 1 atom stereocenters. The summed E-state index contributed by atoms with van der Waals surface area (Å²) in [4.78, 5) is 0. The monoisotopic (exact) mass is 373 g/mol. The number of hydrogen-bond acceptors (Lipinski definition) is 2. The highest BCUT2D eigenvalue weighted by Crippen LogP contribution is 2.37. The van der Waals surface area contributed by atoms with E-state index in [9.17, 15) is 13.2 Å². The Morgan fingerprint density at radius 3 is 2.60 bits per heavy atom. The first-order valence-corrected chi connectivity index (χ1v) is 7.26. The standard InChI is InChI=1S/C13H16BrClF3NO/c1-8(4-3-5-13(16,17)18)19-11-7-9(15)6-10(14)12(11)20-2/h6-8,19H,3-5H2,1-2H3. The molecule has 0 radical (unpaired) electrons. The molecule has 0 heterocycles. The summed E-state index contributed by atoms with van der Waals surface area (Å²) in [5, 5.41) is 3.64. The molecule has 1 aromatic rings. The number of alkyl halides is 3. The summed E-state index contributed by atoms with van der Waals surface area (Å²) in [6.45, 7) is 1.82. The normalized spacial score (nSPS) is 13.2. The molecule has 0 aliphatic rings. The van der Waals surface area contributed by atoms with Gasteiger partial charge in [0.05, 0.1) is 17.3 Å². The summed E-state index contributed by atoms with van der Waals surface area (Å²) in [6.07, 6.45) is -4.37. The van der Waals surface area contributed by atoms with Gasteiger partial charge in [-0.3, -0.25) is 0 Å². The van der Waals surface area contributed by atoms with Crippen molar-refractivity contribution in [1.82, 2.24) is 0 Å². The van der Waals surface area contributed by atoms with E-state index >= 15 is 0 Å². The molecule has 0 fully saturated rings. The van der Waals surface area contributed by atoms with Crippen LogP contribution in [-0.2, 0) is 0 Å². The van der Waals surface area contributed by atoms with Crippen molar-refractivity contribution in [2.75, 3.05) is 12.4 Å².